The number of carbonyl (C=O) groups is 1. The Kier molecular flexibility index (Phi) is 5.05. The molecule has 88 valence electrons. The molecular formula is C10H11BrClNO3. The highest BCUT2D eigenvalue weighted by molar-refractivity contribution is 9.10. The van der Waals surface area contributed by atoms with Gasteiger partial charge in [-0.1, -0.05) is 11.6 Å². The van der Waals surface area contributed by atoms with Crippen molar-refractivity contribution in [3.05, 3.63) is 27.7 Å². The van der Waals surface area contributed by atoms with Crippen LogP contribution in [-0.4, -0.2) is 30.8 Å². The van der Waals surface area contributed by atoms with E-state index in [0.29, 0.717) is 15.2 Å². The molecule has 4 nitrogen and oxygen atoms in total. The molecule has 0 aliphatic carbocycles. The minimum Gasteiger partial charge on any atom is -0.480 e. The van der Waals surface area contributed by atoms with Gasteiger partial charge in [0.05, 0.1) is 6.61 Å². The summed E-state index contributed by atoms with van der Waals surface area (Å²) in [5, 5.41) is 12.4. The molecule has 0 fully saturated rings. The van der Waals surface area contributed by atoms with Crippen LogP contribution in [0.5, 0.6) is 0 Å². The summed E-state index contributed by atoms with van der Waals surface area (Å²) in [4.78, 5) is 10.9. The van der Waals surface area contributed by atoms with E-state index in [4.69, 9.17) is 21.4 Å². The molecule has 1 rings (SSSR count). The molecule has 16 heavy (non-hydrogen) atoms. The SMILES string of the molecule is COCC(Nc1ccc(Cl)cc1Br)C(=O)O. The van der Waals surface area contributed by atoms with Crippen LogP contribution in [-0.2, 0) is 9.53 Å². The predicted octanol–water partition coefficient (Wildman–Crippen LogP) is 2.61. The van der Waals surface area contributed by atoms with E-state index in [0.717, 1.165) is 0 Å². The zero-order chi connectivity index (χ0) is 12.1. The molecule has 0 saturated heterocycles. The van der Waals surface area contributed by atoms with Crippen LogP contribution in [0.1, 0.15) is 0 Å². The maximum absolute atomic E-state index is 10.9. The zero-order valence-electron chi connectivity index (χ0n) is 8.54. The van der Waals surface area contributed by atoms with E-state index >= 15 is 0 Å². The summed E-state index contributed by atoms with van der Waals surface area (Å²) in [7, 11) is 1.45. The van der Waals surface area contributed by atoms with Gasteiger partial charge in [0, 0.05) is 22.3 Å². The van der Waals surface area contributed by atoms with Crippen LogP contribution in [0, 0.1) is 0 Å². The molecule has 0 spiro atoms. The number of aliphatic carboxylic acids is 1. The summed E-state index contributed by atoms with van der Waals surface area (Å²) in [6, 6.07) is 4.29. The van der Waals surface area contributed by atoms with Crippen LogP contribution >= 0.6 is 27.5 Å². The van der Waals surface area contributed by atoms with Gasteiger partial charge in [-0.05, 0) is 34.1 Å². The first-order chi connectivity index (χ1) is 7.54. The van der Waals surface area contributed by atoms with Crippen molar-refractivity contribution in [2.45, 2.75) is 6.04 Å². The van der Waals surface area contributed by atoms with Crippen LogP contribution in [0.3, 0.4) is 0 Å². The van der Waals surface area contributed by atoms with Crippen molar-refractivity contribution in [2.75, 3.05) is 19.0 Å². The molecule has 0 aromatic heterocycles. The third kappa shape index (κ3) is 3.66. The molecule has 1 unspecified atom stereocenters. The number of methoxy groups -OCH3 is 1. The summed E-state index contributed by atoms with van der Waals surface area (Å²) in [6.07, 6.45) is 0. The van der Waals surface area contributed by atoms with Gasteiger partial charge >= 0.3 is 5.97 Å². The van der Waals surface area contributed by atoms with Gasteiger partial charge < -0.3 is 15.2 Å². The largest absolute Gasteiger partial charge is 0.480 e. The quantitative estimate of drug-likeness (QED) is 0.878. The monoisotopic (exact) mass is 307 g/mol. The van der Waals surface area contributed by atoms with E-state index in [2.05, 4.69) is 21.2 Å². The highest BCUT2D eigenvalue weighted by Gasteiger charge is 2.17. The van der Waals surface area contributed by atoms with Crippen LogP contribution in [0.25, 0.3) is 0 Å². The number of nitrogens with one attached hydrogen (secondary N) is 1. The van der Waals surface area contributed by atoms with Gasteiger partial charge in [-0.25, -0.2) is 4.79 Å². The first kappa shape index (κ1) is 13.3. The summed E-state index contributed by atoms with van der Waals surface area (Å²) >= 11 is 9.07. The Bertz CT molecular complexity index is 386. The maximum atomic E-state index is 10.9. The second-order valence-electron chi connectivity index (χ2n) is 3.11. The maximum Gasteiger partial charge on any atom is 0.328 e. The number of ether oxygens (including phenoxy) is 1. The standard InChI is InChI=1S/C10H11BrClNO3/c1-16-5-9(10(14)15)13-8-3-2-6(12)4-7(8)11/h2-4,9,13H,5H2,1H3,(H,14,15). The fraction of sp³-hybridized carbons (Fsp3) is 0.300. The summed E-state index contributed by atoms with van der Waals surface area (Å²) in [5.41, 5.74) is 0.661. The van der Waals surface area contributed by atoms with E-state index in [9.17, 15) is 4.79 Å². The van der Waals surface area contributed by atoms with E-state index in [-0.39, 0.29) is 6.61 Å². The van der Waals surface area contributed by atoms with Gasteiger partial charge in [0.2, 0.25) is 0 Å². The van der Waals surface area contributed by atoms with Gasteiger partial charge in [0.25, 0.3) is 0 Å². The molecule has 0 radical (unpaired) electrons. The van der Waals surface area contributed by atoms with Gasteiger partial charge in [0.1, 0.15) is 6.04 Å². The number of anilines is 1. The average molecular weight is 309 g/mol. The third-order valence-corrected chi connectivity index (χ3v) is 2.78. The van der Waals surface area contributed by atoms with Crippen molar-refractivity contribution in [2.24, 2.45) is 0 Å². The van der Waals surface area contributed by atoms with Crippen molar-refractivity contribution in [3.63, 3.8) is 0 Å². The molecule has 2 N–H and O–H groups in total. The lowest BCUT2D eigenvalue weighted by Gasteiger charge is -2.15. The Balaban J connectivity index is 2.81. The van der Waals surface area contributed by atoms with Crippen molar-refractivity contribution < 1.29 is 14.6 Å². The number of rotatable bonds is 5. The van der Waals surface area contributed by atoms with Crippen LogP contribution < -0.4 is 5.32 Å². The lowest BCUT2D eigenvalue weighted by atomic mass is 10.2. The fourth-order valence-electron chi connectivity index (χ4n) is 1.14. The zero-order valence-corrected chi connectivity index (χ0v) is 10.9. The van der Waals surface area contributed by atoms with Crippen LogP contribution in [0.15, 0.2) is 22.7 Å². The molecule has 1 atom stereocenters. The minimum atomic E-state index is -0.969. The first-order valence-corrected chi connectivity index (χ1v) is 5.65. The second kappa shape index (κ2) is 6.08. The molecule has 0 aliphatic heterocycles. The Morgan fingerprint density at radius 2 is 2.38 bits per heavy atom. The number of carboxylic acids is 1. The van der Waals surface area contributed by atoms with Crippen molar-refractivity contribution in [3.8, 4) is 0 Å². The molecule has 1 aromatic carbocycles. The molecule has 6 heteroatoms. The lowest BCUT2D eigenvalue weighted by molar-refractivity contribution is -0.139. The summed E-state index contributed by atoms with van der Waals surface area (Å²) < 4.78 is 5.53. The Labute approximate surface area is 107 Å². The van der Waals surface area contributed by atoms with Gasteiger partial charge in [-0.15, -0.1) is 0 Å². The fourth-order valence-corrected chi connectivity index (χ4v) is 1.93. The van der Waals surface area contributed by atoms with E-state index in [1.54, 1.807) is 18.2 Å². The number of halogens is 2. The van der Waals surface area contributed by atoms with E-state index < -0.39 is 12.0 Å². The molecule has 0 heterocycles. The normalized spacial score (nSPS) is 12.2. The predicted molar refractivity (Wildman–Crippen MR) is 66.1 cm³/mol. The molecule has 1 aromatic rings. The Morgan fingerprint density at radius 3 is 2.88 bits per heavy atom. The number of carboxylic acid groups (broad SMARTS) is 1. The summed E-state index contributed by atoms with van der Waals surface area (Å²) in [5.74, 6) is -0.969. The highest BCUT2D eigenvalue weighted by Crippen LogP contribution is 2.26. The molecule has 0 saturated carbocycles. The molecule has 0 aliphatic rings. The smallest absolute Gasteiger partial charge is 0.328 e. The van der Waals surface area contributed by atoms with Gasteiger partial charge in [0.15, 0.2) is 0 Å². The van der Waals surface area contributed by atoms with Crippen LogP contribution in [0.4, 0.5) is 5.69 Å². The average Bonchev–Trinajstić information content (AvgIpc) is 2.20. The molecular weight excluding hydrogens is 297 g/mol. The Morgan fingerprint density at radius 1 is 1.69 bits per heavy atom. The number of hydrogen-bond acceptors (Lipinski definition) is 3. The minimum absolute atomic E-state index is 0.0877. The van der Waals surface area contributed by atoms with Crippen molar-refractivity contribution in [1.29, 1.82) is 0 Å². The first-order valence-electron chi connectivity index (χ1n) is 4.48. The van der Waals surface area contributed by atoms with E-state index in [1.807, 2.05) is 0 Å². The molecule has 0 bridgehead atoms. The Hall–Kier alpha value is -0.780. The van der Waals surface area contributed by atoms with Crippen molar-refractivity contribution >= 4 is 39.2 Å². The lowest BCUT2D eigenvalue weighted by Crippen LogP contribution is -2.33. The number of hydrogen-bond donors (Lipinski definition) is 2. The second-order valence-corrected chi connectivity index (χ2v) is 4.41. The van der Waals surface area contributed by atoms with E-state index in [1.165, 1.54) is 7.11 Å². The highest BCUT2D eigenvalue weighted by atomic mass is 79.9. The molecule has 0 amide bonds. The topological polar surface area (TPSA) is 58.6 Å². The number of benzene rings is 1. The van der Waals surface area contributed by atoms with Crippen LogP contribution in [0.2, 0.25) is 5.02 Å². The summed E-state index contributed by atoms with van der Waals surface area (Å²) in [6.45, 7) is 0.0877. The third-order valence-electron chi connectivity index (χ3n) is 1.89. The van der Waals surface area contributed by atoms with Gasteiger partial charge in [-0.3, -0.25) is 0 Å². The van der Waals surface area contributed by atoms with Gasteiger partial charge in [-0.2, -0.15) is 0 Å². The van der Waals surface area contributed by atoms with Crippen molar-refractivity contribution in [1.82, 2.24) is 0 Å².